The molecule has 0 aliphatic rings. The average molecular weight is 310 g/mol. The van der Waals surface area contributed by atoms with Gasteiger partial charge in [-0.15, -0.1) is 0 Å². The van der Waals surface area contributed by atoms with E-state index >= 15 is 0 Å². The van der Waals surface area contributed by atoms with Gasteiger partial charge in [0, 0.05) is 22.8 Å². The van der Waals surface area contributed by atoms with Crippen LogP contribution in [0.5, 0.6) is 5.75 Å². The normalized spacial score (nSPS) is 10.2. The molecule has 0 fully saturated rings. The molecule has 94 valence electrons. The van der Waals surface area contributed by atoms with E-state index in [9.17, 15) is 4.39 Å². The molecule has 0 aliphatic carbocycles. The van der Waals surface area contributed by atoms with Crippen LogP contribution in [0.2, 0.25) is 0 Å². The van der Waals surface area contributed by atoms with Gasteiger partial charge in [-0.25, -0.2) is 4.39 Å². The lowest BCUT2D eigenvalue weighted by Crippen LogP contribution is -1.98. The van der Waals surface area contributed by atoms with Gasteiger partial charge in [-0.2, -0.15) is 0 Å². The van der Waals surface area contributed by atoms with Crippen LogP contribution < -0.4 is 10.1 Å². The quantitative estimate of drug-likeness (QED) is 0.913. The van der Waals surface area contributed by atoms with Crippen LogP contribution in [0.25, 0.3) is 0 Å². The predicted octanol–water partition coefficient (Wildman–Crippen LogP) is 4.21. The summed E-state index contributed by atoms with van der Waals surface area (Å²) in [6.45, 7) is 0.220. The summed E-state index contributed by atoms with van der Waals surface area (Å²) in [5.41, 5.74) is 1.55. The van der Waals surface area contributed by atoms with Crippen LogP contribution in [-0.4, -0.2) is 7.05 Å². The van der Waals surface area contributed by atoms with Crippen LogP contribution >= 0.6 is 15.9 Å². The standard InChI is InChI=1S/C14H13BrFNO/c1-17-12-4-6-13(7-5-12)18-9-10-2-3-11(15)8-14(10)16/h2-8,17H,9H2,1H3. The first kappa shape index (κ1) is 12.9. The number of rotatable bonds is 4. The second-order valence-corrected chi connectivity index (χ2v) is 4.71. The van der Waals surface area contributed by atoms with Crippen LogP contribution in [0, 0.1) is 5.82 Å². The first-order valence-corrected chi connectivity index (χ1v) is 6.33. The summed E-state index contributed by atoms with van der Waals surface area (Å²) >= 11 is 3.22. The smallest absolute Gasteiger partial charge is 0.130 e. The summed E-state index contributed by atoms with van der Waals surface area (Å²) in [4.78, 5) is 0. The van der Waals surface area contributed by atoms with Crippen molar-refractivity contribution in [3.63, 3.8) is 0 Å². The molecule has 0 unspecified atom stereocenters. The fourth-order valence-corrected chi connectivity index (χ4v) is 1.85. The molecular formula is C14H13BrFNO. The number of halogens is 2. The maximum atomic E-state index is 13.6. The number of ether oxygens (including phenoxy) is 1. The van der Waals surface area contributed by atoms with Crippen LogP contribution in [-0.2, 0) is 6.61 Å². The van der Waals surface area contributed by atoms with Crippen molar-refractivity contribution >= 4 is 21.6 Å². The second-order valence-electron chi connectivity index (χ2n) is 3.80. The van der Waals surface area contributed by atoms with Crippen LogP contribution in [0.15, 0.2) is 46.9 Å². The molecular weight excluding hydrogens is 297 g/mol. The van der Waals surface area contributed by atoms with E-state index in [1.165, 1.54) is 6.07 Å². The molecule has 2 rings (SSSR count). The maximum absolute atomic E-state index is 13.6. The minimum atomic E-state index is -0.267. The van der Waals surface area contributed by atoms with E-state index in [-0.39, 0.29) is 12.4 Å². The number of anilines is 1. The SMILES string of the molecule is CNc1ccc(OCc2ccc(Br)cc2F)cc1. The van der Waals surface area contributed by atoms with Gasteiger partial charge in [0.25, 0.3) is 0 Å². The van der Waals surface area contributed by atoms with E-state index in [2.05, 4.69) is 21.2 Å². The third-order valence-electron chi connectivity index (χ3n) is 2.55. The van der Waals surface area contributed by atoms with Gasteiger partial charge in [0.15, 0.2) is 0 Å². The number of benzene rings is 2. The summed E-state index contributed by atoms with van der Waals surface area (Å²) in [6.07, 6.45) is 0. The van der Waals surface area contributed by atoms with Crippen molar-refractivity contribution < 1.29 is 9.13 Å². The highest BCUT2D eigenvalue weighted by molar-refractivity contribution is 9.10. The molecule has 4 heteroatoms. The van der Waals surface area contributed by atoms with Crippen molar-refractivity contribution in [1.82, 2.24) is 0 Å². The lowest BCUT2D eigenvalue weighted by molar-refractivity contribution is 0.300. The molecule has 0 heterocycles. The highest BCUT2D eigenvalue weighted by Crippen LogP contribution is 2.19. The highest BCUT2D eigenvalue weighted by atomic mass is 79.9. The summed E-state index contributed by atoms with van der Waals surface area (Å²) in [5, 5.41) is 3.02. The van der Waals surface area contributed by atoms with E-state index in [4.69, 9.17) is 4.74 Å². The molecule has 0 amide bonds. The molecule has 0 atom stereocenters. The lowest BCUT2D eigenvalue weighted by Gasteiger charge is -2.08. The van der Waals surface area contributed by atoms with Crippen LogP contribution in [0.1, 0.15) is 5.56 Å². The van der Waals surface area contributed by atoms with E-state index < -0.39 is 0 Å². The monoisotopic (exact) mass is 309 g/mol. The maximum Gasteiger partial charge on any atom is 0.130 e. The van der Waals surface area contributed by atoms with Gasteiger partial charge in [-0.3, -0.25) is 0 Å². The Kier molecular flexibility index (Phi) is 4.20. The zero-order chi connectivity index (χ0) is 13.0. The molecule has 18 heavy (non-hydrogen) atoms. The summed E-state index contributed by atoms with van der Waals surface area (Å²) < 4.78 is 19.8. The summed E-state index contributed by atoms with van der Waals surface area (Å²) in [5.74, 6) is 0.451. The van der Waals surface area contributed by atoms with E-state index in [0.29, 0.717) is 5.56 Å². The molecule has 0 saturated carbocycles. The lowest BCUT2D eigenvalue weighted by atomic mass is 10.2. The zero-order valence-electron chi connectivity index (χ0n) is 9.91. The fraction of sp³-hybridized carbons (Fsp3) is 0.143. The van der Waals surface area contributed by atoms with Crippen LogP contribution in [0.3, 0.4) is 0 Å². The molecule has 0 aliphatic heterocycles. The van der Waals surface area contributed by atoms with Gasteiger partial charge < -0.3 is 10.1 Å². The van der Waals surface area contributed by atoms with E-state index in [1.807, 2.05) is 31.3 Å². The molecule has 0 aromatic heterocycles. The Morgan fingerprint density at radius 2 is 1.89 bits per heavy atom. The van der Waals surface area contributed by atoms with Crippen molar-refractivity contribution in [1.29, 1.82) is 0 Å². The van der Waals surface area contributed by atoms with Crippen molar-refractivity contribution in [3.8, 4) is 5.75 Å². The first-order valence-electron chi connectivity index (χ1n) is 5.53. The minimum absolute atomic E-state index is 0.220. The van der Waals surface area contributed by atoms with Crippen LogP contribution in [0.4, 0.5) is 10.1 Å². The van der Waals surface area contributed by atoms with Gasteiger partial charge >= 0.3 is 0 Å². The molecule has 0 bridgehead atoms. The minimum Gasteiger partial charge on any atom is -0.489 e. The van der Waals surface area contributed by atoms with E-state index in [1.54, 1.807) is 12.1 Å². The third-order valence-corrected chi connectivity index (χ3v) is 3.05. The van der Waals surface area contributed by atoms with Crippen molar-refractivity contribution in [2.45, 2.75) is 6.61 Å². The average Bonchev–Trinajstić information content (AvgIpc) is 2.38. The Bertz CT molecular complexity index is 528. The Morgan fingerprint density at radius 3 is 2.50 bits per heavy atom. The number of hydrogen-bond acceptors (Lipinski definition) is 2. The molecule has 2 aromatic rings. The van der Waals surface area contributed by atoms with Gasteiger partial charge in [-0.05, 0) is 36.4 Å². The summed E-state index contributed by atoms with van der Waals surface area (Å²) in [6, 6.07) is 12.5. The number of nitrogens with one attached hydrogen (secondary N) is 1. The predicted molar refractivity (Wildman–Crippen MR) is 74.4 cm³/mol. The molecule has 2 aromatic carbocycles. The van der Waals surface area contributed by atoms with Gasteiger partial charge in [-0.1, -0.05) is 22.0 Å². The van der Waals surface area contributed by atoms with Gasteiger partial charge in [0.05, 0.1) is 0 Å². The van der Waals surface area contributed by atoms with Gasteiger partial charge in [0.2, 0.25) is 0 Å². The fourth-order valence-electron chi connectivity index (χ4n) is 1.52. The molecule has 1 N–H and O–H groups in total. The highest BCUT2D eigenvalue weighted by Gasteiger charge is 2.03. The molecule has 0 spiro atoms. The van der Waals surface area contributed by atoms with E-state index in [0.717, 1.165) is 15.9 Å². The zero-order valence-corrected chi connectivity index (χ0v) is 11.5. The Balaban J connectivity index is 2.02. The Morgan fingerprint density at radius 1 is 1.17 bits per heavy atom. The molecule has 0 saturated heterocycles. The van der Waals surface area contributed by atoms with Crippen molar-refractivity contribution in [2.75, 3.05) is 12.4 Å². The van der Waals surface area contributed by atoms with Crippen molar-refractivity contribution in [2.24, 2.45) is 0 Å². The molecule has 2 nitrogen and oxygen atoms in total. The summed E-state index contributed by atoms with van der Waals surface area (Å²) in [7, 11) is 1.85. The second kappa shape index (κ2) is 5.87. The van der Waals surface area contributed by atoms with Gasteiger partial charge in [0.1, 0.15) is 18.2 Å². The third kappa shape index (κ3) is 3.23. The van der Waals surface area contributed by atoms with Crippen molar-refractivity contribution in [3.05, 3.63) is 58.3 Å². The Hall–Kier alpha value is -1.55. The first-order chi connectivity index (χ1) is 8.69. The largest absolute Gasteiger partial charge is 0.489 e. The Labute approximate surface area is 114 Å². The number of hydrogen-bond donors (Lipinski definition) is 1. The molecule has 0 radical (unpaired) electrons. The topological polar surface area (TPSA) is 21.3 Å².